The molecule has 4 aromatic rings. The molecule has 0 saturated heterocycles. The molecule has 1 atom stereocenters. The molecule has 0 radical (unpaired) electrons. The number of benzene rings is 4. The summed E-state index contributed by atoms with van der Waals surface area (Å²) in [6.07, 6.45) is 0.376. The molecule has 0 aliphatic rings. The number of sulfonamides is 1. The van der Waals surface area contributed by atoms with E-state index in [0.717, 1.165) is 5.56 Å². The number of anilines is 2. The van der Waals surface area contributed by atoms with Gasteiger partial charge in [-0.3, -0.25) is 14.3 Å². The first-order valence-corrected chi connectivity index (χ1v) is 14.9. The molecule has 0 amide bonds. The average molecular weight is 609 g/mol. The zero-order valence-corrected chi connectivity index (χ0v) is 25.1. The van der Waals surface area contributed by atoms with Crippen molar-refractivity contribution in [3.63, 3.8) is 0 Å². The number of carbonyl (C=O) groups excluding carboxylic acids is 2. The monoisotopic (exact) mass is 608 g/mol. The number of carbonyl (C=O) groups is 2. The van der Waals surface area contributed by atoms with E-state index in [4.69, 9.17) is 14.2 Å². The highest BCUT2D eigenvalue weighted by molar-refractivity contribution is 7.93. The zero-order chi connectivity index (χ0) is 31.1. The second-order valence-electron chi connectivity index (χ2n) is 9.98. The lowest BCUT2D eigenvalue weighted by Gasteiger charge is -2.22. The van der Waals surface area contributed by atoms with Crippen LogP contribution >= 0.6 is 0 Å². The number of halogens is 1. The van der Waals surface area contributed by atoms with Crippen LogP contribution < -0.4 is 14.8 Å². The maximum atomic E-state index is 14.0. The largest absolute Gasteiger partial charge is 0.495 e. The lowest BCUT2D eigenvalue weighted by Crippen LogP contribution is -2.22. The summed E-state index contributed by atoms with van der Waals surface area (Å²) < 4.78 is 59.2. The number of hydrogen-bond donors (Lipinski definition) is 2. The molecule has 9 nitrogen and oxygen atoms in total. The number of rotatable bonds is 12. The summed E-state index contributed by atoms with van der Waals surface area (Å²) >= 11 is 0. The first kappa shape index (κ1) is 31.3. The Labute approximate surface area is 250 Å². The van der Waals surface area contributed by atoms with E-state index in [1.807, 2.05) is 6.92 Å². The lowest BCUT2D eigenvalue weighted by molar-refractivity contribution is -0.141. The standard InChI is InChI=1S/C32H33FN2O7S/c1-20(15-30(36)41-3)34-32-23(16-21-9-12-24(33)13-10-21)19-29(25-7-5-6-8-26(25)32)43(38,39)35-27-14-11-22(17-28(27)40-2)18-31(37)42-4/h5-14,17,19-20,34-35H,15-16,18H2,1-4H3/t20-/m0/s1. The van der Waals surface area contributed by atoms with Crippen molar-refractivity contribution in [1.82, 2.24) is 0 Å². The summed E-state index contributed by atoms with van der Waals surface area (Å²) in [4.78, 5) is 23.7. The van der Waals surface area contributed by atoms with Gasteiger partial charge >= 0.3 is 11.9 Å². The summed E-state index contributed by atoms with van der Waals surface area (Å²) in [5.41, 5.74) is 2.83. The van der Waals surface area contributed by atoms with Crippen molar-refractivity contribution in [2.75, 3.05) is 31.4 Å². The molecule has 226 valence electrons. The van der Waals surface area contributed by atoms with Gasteiger partial charge in [-0.25, -0.2) is 12.8 Å². The minimum Gasteiger partial charge on any atom is -0.495 e. The van der Waals surface area contributed by atoms with Crippen molar-refractivity contribution < 1.29 is 36.6 Å². The average Bonchev–Trinajstić information content (AvgIpc) is 2.99. The molecule has 0 aliphatic heterocycles. The predicted molar refractivity (Wildman–Crippen MR) is 162 cm³/mol. The molecule has 0 heterocycles. The maximum absolute atomic E-state index is 14.0. The van der Waals surface area contributed by atoms with Gasteiger partial charge in [-0.05, 0) is 60.4 Å². The molecule has 4 rings (SSSR count). The molecule has 0 aliphatic carbocycles. The topological polar surface area (TPSA) is 120 Å². The molecule has 0 bridgehead atoms. The fourth-order valence-electron chi connectivity index (χ4n) is 4.75. The van der Waals surface area contributed by atoms with Gasteiger partial charge < -0.3 is 19.5 Å². The molecule has 0 aromatic heterocycles. The molecule has 11 heteroatoms. The van der Waals surface area contributed by atoms with Crippen LogP contribution in [0.5, 0.6) is 5.75 Å². The third kappa shape index (κ3) is 7.61. The fourth-order valence-corrected chi connectivity index (χ4v) is 6.08. The summed E-state index contributed by atoms with van der Waals surface area (Å²) in [5, 5.41) is 4.45. The molecule has 0 saturated carbocycles. The van der Waals surface area contributed by atoms with Gasteiger partial charge in [0.2, 0.25) is 0 Å². The van der Waals surface area contributed by atoms with Crippen molar-refractivity contribution in [2.45, 2.75) is 37.1 Å². The van der Waals surface area contributed by atoms with Gasteiger partial charge in [0.1, 0.15) is 11.6 Å². The highest BCUT2D eigenvalue weighted by atomic mass is 32.2. The number of fused-ring (bicyclic) bond motifs is 1. The van der Waals surface area contributed by atoms with Crippen molar-refractivity contribution in [2.24, 2.45) is 0 Å². The van der Waals surface area contributed by atoms with Gasteiger partial charge in [-0.1, -0.05) is 42.5 Å². The lowest BCUT2D eigenvalue weighted by atomic mass is 9.97. The Morgan fingerprint density at radius 2 is 1.51 bits per heavy atom. The van der Waals surface area contributed by atoms with E-state index in [2.05, 4.69) is 10.0 Å². The number of hydrogen-bond acceptors (Lipinski definition) is 8. The van der Waals surface area contributed by atoms with Crippen LogP contribution in [-0.2, 0) is 41.9 Å². The summed E-state index contributed by atoms with van der Waals surface area (Å²) in [7, 11) is -0.175. The van der Waals surface area contributed by atoms with Crippen LogP contribution in [0.3, 0.4) is 0 Å². The van der Waals surface area contributed by atoms with Crippen LogP contribution in [0.4, 0.5) is 15.8 Å². The number of ether oxygens (including phenoxy) is 3. The van der Waals surface area contributed by atoms with E-state index in [9.17, 15) is 22.4 Å². The molecule has 0 spiro atoms. The van der Waals surface area contributed by atoms with E-state index >= 15 is 0 Å². The van der Waals surface area contributed by atoms with Gasteiger partial charge in [0.15, 0.2) is 0 Å². The Hall–Kier alpha value is -4.64. The predicted octanol–water partition coefficient (Wildman–Crippen LogP) is 5.46. The Morgan fingerprint density at radius 3 is 2.16 bits per heavy atom. The molecule has 2 N–H and O–H groups in total. The second kappa shape index (κ2) is 13.6. The van der Waals surface area contributed by atoms with Crippen molar-refractivity contribution in [3.8, 4) is 5.75 Å². The van der Waals surface area contributed by atoms with Crippen molar-refractivity contribution in [1.29, 1.82) is 0 Å². The minimum absolute atomic E-state index is 0.000135. The SMILES string of the molecule is COC(=O)Cc1ccc(NS(=O)(=O)c2cc(Cc3ccc(F)cc3)c(N[C@@H](C)CC(=O)OC)c3ccccc23)c(OC)c1. The van der Waals surface area contributed by atoms with E-state index in [1.54, 1.807) is 54.6 Å². The Morgan fingerprint density at radius 1 is 0.860 bits per heavy atom. The van der Waals surface area contributed by atoms with Gasteiger partial charge in [0, 0.05) is 22.5 Å². The molecule has 4 aromatic carbocycles. The van der Waals surface area contributed by atoms with Crippen LogP contribution in [0, 0.1) is 5.82 Å². The van der Waals surface area contributed by atoms with Crippen molar-refractivity contribution >= 4 is 44.1 Å². The van der Waals surface area contributed by atoms with Crippen LogP contribution in [0.2, 0.25) is 0 Å². The second-order valence-corrected chi connectivity index (χ2v) is 11.6. The highest BCUT2D eigenvalue weighted by Crippen LogP contribution is 2.37. The third-order valence-corrected chi connectivity index (χ3v) is 8.27. The molecule has 0 unspecified atom stereocenters. The third-order valence-electron chi connectivity index (χ3n) is 6.86. The maximum Gasteiger partial charge on any atom is 0.309 e. The van der Waals surface area contributed by atoms with Gasteiger partial charge in [0.25, 0.3) is 10.0 Å². The van der Waals surface area contributed by atoms with Gasteiger partial charge in [-0.2, -0.15) is 0 Å². The zero-order valence-electron chi connectivity index (χ0n) is 24.3. The molecular weight excluding hydrogens is 575 g/mol. The van der Waals surface area contributed by atoms with Crippen LogP contribution in [0.15, 0.2) is 77.7 Å². The van der Waals surface area contributed by atoms with E-state index in [0.29, 0.717) is 27.6 Å². The highest BCUT2D eigenvalue weighted by Gasteiger charge is 2.24. The summed E-state index contributed by atoms with van der Waals surface area (Å²) in [5.74, 6) is -0.980. The Bertz CT molecular complexity index is 1740. The molecular formula is C32H33FN2O7S. The minimum atomic E-state index is -4.19. The molecule has 0 fully saturated rings. The summed E-state index contributed by atoms with van der Waals surface area (Å²) in [6, 6.07) is 19.0. The van der Waals surface area contributed by atoms with Gasteiger partial charge in [-0.15, -0.1) is 0 Å². The number of esters is 2. The first-order chi connectivity index (χ1) is 20.5. The molecule has 43 heavy (non-hydrogen) atoms. The summed E-state index contributed by atoms with van der Waals surface area (Å²) in [6.45, 7) is 1.83. The van der Waals surface area contributed by atoms with E-state index in [1.165, 1.54) is 39.5 Å². The van der Waals surface area contributed by atoms with E-state index < -0.39 is 16.0 Å². The van der Waals surface area contributed by atoms with Crippen LogP contribution in [-0.4, -0.2) is 47.7 Å². The van der Waals surface area contributed by atoms with Crippen LogP contribution in [0.25, 0.3) is 10.8 Å². The Kier molecular flexibility index (Phi) is 9.87. The quantitative estimate of drug-likeness (QED) is 0.204. The Balaban J connectivity index is 1.82. The number of nitrogens with one attached hydrogen (secondary N) is 2. The normalized spacial score (nSPS) is 11.9. The number of methoxy groups -OCH3 is 3. The van der Waals surface area contributed by atoms with Gasteiger partial charge in [0.05, 0.1) is 44.8 Å². The van der Waals surface area contributed by atoms with Crippen molar-refractivity contribution in [3.05, 3.63) is 95.3 Å². The van der Waals surface area contributed by atoms with E-state index in [-0.39, 0.29) is 53.4 Å². The fraction of sp³-hybridized carbons (Fsp3) is 0.250. The first-order valence-electron chi connectivity index (χ1n) is 13.4. The smallest absolute Gasteiger partial charge is 0.309 e. The van der Waals surface area contributed by atoms with Crippen LogP contribution in [0.1, 0.15) is 30.0 Å².